The van der Waals surface area contributed by atoms with Gasteiger partial charge >= 0.3 is 0 Å². The van der Waals surface area contributed by atoms with E-state index in [-0.39, 0.29) is 11.9 Å². The highest BCUT2D eigenvalue weighted by Gasteiger charge is 2.31. The molecule has 0 bridgehead atoms. The summed E-state index contributed by atoms with van der Waals surface area (Å²) >= 11 is 0. The maximum atomic E-state index is 13.2. The van der Waals surface area contributed by atoms with Crippen molar-refractivity contribution >= 4 is 15.8 Å². The lowest BCUT2D eigenvalue weighted by Gasteiger charge is -2.34. The van der Waals surface area contributed by atoms with E-state index in [4.69, 9.17) is 4.74 Å². The van der Waals surface area contributed by atoms with Gasteiger partial charge in [-0.15, -0.1) is 0 Å². The molecule has 3 heterocycles. The minimum Gasteiger partial charge on any atom is -0.490 e. The largest absolute Gasteiger partial charge is 0.490 e. The summed E-state index contributed by atoms with van der Waals surface area (Å²) in [5, 5.41) is 0. The molecule has 2 aromatic rings. The number of piperidine rings is 2. The highest BCUT2D eigenvalue weighted by molar-refractivity contribution is 7.89. The number of hydrogen-bond donors (Lipinski definition) is 0. The van der Waals surface area contributed by atoms with Gasteiger partial charge in [0, 0.05) is 45.2 Å². The van der Waals surface area contributed by atoms with Gasteiger partial charge in [0.15, 0.2) is 0 Å². The monoisotopic (exact) mass is 419 g/mol. The summed E-state index contributed by atoms with van der Waals surface area (Å²) in [6.07, 6.45) is 6.04. The van der Waals surface area contributed by atoms with Crippen molar-refractivity contribution in [3.8, 4) is 5.75 Å². The Morgan fingerprint density at radius 2 is 1.66 bits per heavy atom. The van der Waals surface area contributed by atoms with E-state index in [2.05, 4.69) is 4.98 Å². The van der Waals surface area contributed by atoms with Crippen LogP contribution < -0.4 is 9.64 Å². The van der Waals surface area contributed by atoms with Crippen molar-refractivity contribution in [2.75, 3.05) is 31.1 Å². The molecule has 0 saturated carbocycles. The quantitative estimate of drug-likeness (QED) is 0.743. The molecule has 2 fully saturated rings. The van der Waals surface area contributed by atoms with Gasteiger partial charge in [0.25, 0.3) is 0 Å². The van der Waals surface area contributed by atoms with E-state index < -0.39 is 10.0 Å². The molecule has 0 aliphatic carbocycles. The van der Waals surface area contributed by atoms with Gasteiger partial charge in [0.05, 0.1) is 0 Å². The molecular weight excluding hydrogens is 393 g/mol. The van der Waals surface area contributed by atoms with Crippen molar-refractivity contribution in [2.45, 2.75) is 43.1 Å². The van der Waals surface area contributed by atoms with Crippen LogP contribution in [-0.4, -0.2) is 50.0 Å². The number of nitrogens with zero attached hydrogens (tertiary/aromatic N) is 3. The zero-order chi connectivity index (χ0) is 20.3. The average molecular weight is 420 g/mol. The SMILES string of the molecule is O=S(=O)(c1cccnc1N1CCC(Oc2ccc(F)cc2)CC1)N1CCCCC1. The minimum atomic E-state index is -3.55. The molecule has 2 saturated heterocycles. The fourth-order valence-corrected chi connectivity index (χ4v) is 5.64. The molecule has 0 unspecified atom stereocenters. The Morgan fingerprint density at radius 1 is 0.966 bits per heavy atom. The maximum absolute atomic E-state index is 13.2. The van der Waals surface area contributed by atoms with Crippen LogP contribution in [0.2, 0.25) is 0 Å². The summed E-state index contributed by atoms with van der Waals surface area (Å²) in [5.41, 5.74) is 0. The van der Waals surface area contributed by atoms with Crippen molar-refractivity contribution in [1.29, 1.82) is 0 Å². The molecule has 4 rings (SSSR count). The lowest BCUT2D eigenvalue weighted by molar-refractivity contribution is 0.170. The second-order valence-corrected chi connectivity index (χ2v) is 9.45. The van der Waals surface area contributed by atoms with E-state index >= 15 is 0 Å². The fraction of sp³-hybridized carbons (Fsp3) is 0.476. The molecule has 0 N–H and O–H groups in total. The summed E-state index contributed by atoms with van der Waals surface area (Å²) in [4.78, 5) is 6.74. The van der Waals surface area contributed by atoms with Gasteiger partial charge < -0.3 is 9.64 Å². The van der Waals surface area contributed by atoms with Crippen LogP contribution in [0.5, 0.6) is 5.75 Å². The van der Waals surface area contributed by atoms with Gasteiger partial charge in [-0.2, -0.15) is 4.31 Å². The molecule has 8 heteroatoms. The Kier molecular flexibility index (Phi) is 6.01. The summed E-state index contributed by atoms with van der Waals surface area (Å²) in [6.45, 7) is 2.46. The highest BCUT2D eigenvalue weighted by atomic mass is 32.2. The number of ether oxygens (including phenoxy) is 1. The Labute approximate surface area is 171 Å². The molecule has 0 atom stereocenters. The topological polar surface area (TPSA) is 62.7 Å². The van der Waals surface area contributed by atoms with E-state index in [1.807, 2.05) is 4.90 Å². The lowest BCUT2D eigenvalue weighted by Crippen LogP contribution is -2.41. The minimum absolute atomic E-state index is 0.0163. The molecular formula is C21H26FN3O3S. The molecule has 2 aliphatic rings. The van der Waals surface area contributed by atoms with Crippen LogP contribution in [0.3, 0.4) is 0 Å². The second-order valence-electron chi connectivity index (χ2n) is 7.55. The number of pyridine rings is 1. The van der Waals surface area contributed by atoms with Gasteiger partial charge in [0.2, 0.25) is 10.0 Å². The van der Waals surface area contributed by atoms with Crippen LogP contribution in [0.15, 0.2) is 47.5 Å². The van der Waals surface area contributed by atoms with Crippen molar-refractivity contribution in [3.05, 3.63) is 48.4 Å². The van der Waals surface area contributed by atoms with Gasteiger partial charge in [0.1, 0.15) is 28.4 Å². The summed E-state index contributed by atoms with van der Waals surface area (Å²) in [6, 6.07) is 9.37. The molecule has 1 aromatic carbocycles. The normalized spacial score (nSPS) is 19.3. The number of anilines is 1. The Bertz CT molecular complexity index is 922. The standard InChI is InChI=1S/C21H26FN3O3S/c22-17-6-8-18(9-7-17)28-19-10-15-24(16-11-19)21-20(5-4-12-23-21)29(26,27)25-13-2-1-3-14-25/h4-9,12,19H,1-3,10-11,13-16H2. The Morgan fingerprint density at radius 3 is 2.34 bits per heavy atom. The number of hydrogen-bond acceptors (Lipinski definition) is 5. The van der Waals surface area contributed by atoms with Gasteiger partial charge in [-0.25, -0.2) is 17.8 Å². The van der Waals surface area contributed by atoms with Crippen LogP contribution in [-0.2, 0) is 10.0 Å². The average Bonchev–Trinajstić information content (AvgIpc) is 2.76. The third-order valence-electron chi connectivity index (χ3n) is 5.54. The van der Waals surface area contributed by atoms with Crippen LogP contribution >= 0.6 is 0 Å². The number of halogens is 1. The van der Waals surface area contributed by atoms with Gasteiger partial charge in [-0.05, 0) is 49.2 Å². The van der Waals surface area contributed by atoms with Crippen molar-refractivity contribution in [3.63, 3.8) is 0 Å². The first-order chi connectivity index (χ1) is 14.0. The third-order valence-corrected chi connectivity index (χ3v) is 7.46. The zero-order valence-electron chi connectivity index (χ0n) is 16.3. The zero-order valence-corrected chi connectivity index (χ0v) is 17.2. The second kappa shape index (κ2) is 8.67. The first kappa shape index (κ1) is 20.1. The number of benzene rings is 1. The highest BCUT2D eigenvalue weighted by Crippen LogP contribution is 2.30. The Balaban J connectivity index is 1.45. The van der Waals surface area contributed by atoms with Gasteiger partial charge in [-0.3, -0.25) is 0 Å². The summed E-state index contributed by atoms with van der Waals surface area (Å²) < 4.78 is 47.0. The van der Waals surface area contributed by atoms with Crippen LogP contribution in [0.25, 0.3) is 0 Å². The fourth-order valence-electron chi connectivity index (χ4n) is 3.96. The van der Waals surface area contributed by atoms with E-state index in [9.17, 15) is 12.8 Å². The summed E-state index contributed by atoms with van der Waals surface area (Å²) in [7, 11) is -3.55. The van der Waals surface area contributed by atoms with E-state index in [0.29, 0.717) is 42.6 Å². The molecule has 156 valence electrons. The number of aromatic nitrogens is 1. The van der Waals surface area contributed by atoms with Crippen LogP contribution in [0, 0.1) is 5.82 Å². The predicted molar refractivity (Wildman–Crippen MR) is 109 cm³/mol. The first-order valence-electron chi connectivity index (χ1n) is 10.2. The Hall–Kier alpha value is -2.19. The smallest absolute Gasteiger partial charge is 0.246 e. The molecule has 0 radical (unpaired) electrons. The van der Waals surface area contributed by atoms with Crippen LogP contribution in [0.4, 0.5) is 10.2 Å². The third kappa shape index (κ3) is 4.53. The molecule has 6 nitrogen and oxygen atoms in total. The van der Waals surface area contributed by atoms with Crippen LogP contribution in [0.1, 0.15) is 32.1 Å². The molecule has 29 heavy (non-hydrogen) atoms. The van der Waals surface area contributed by atoms with Crippen molar-refractivity contribution in [2.24, 2.45) is 0 Å². The lowest BCUT2D eigenvalue weighted by atomic mass is 10.1. The van der Waals surface area contributed by atoms with E-state index in [1.165, 1.54) is 12.1 Å². The molecule has 0 spiro atoms. The van der Waals surface area contributed by atoms with E-state index in [1.54, 1.807) is 34.8 Å². The first-order valence-corrected chi connectivity index (χ1v) is 11.6. The molecule has 2 aliphatic heterocycles. The van der Waals surface area contributed by atoms with E-state index in [0.717, 1.165) is 32.1 Å². The van der Waals surface area contributed by atoms with Gasteiger partial charge in [-0.1, -0.05) is 6.42 Å². The van der Waals surface area contributed by atoms with Crippen molar-refractivity contribution in [1.82, 2.24) is 9.29 Å². The molecule has 0 amide bonds. The maximum Gasteiger partial charge on any atom is 0.246 e. The molecule has 1 aromatic heterocycles. The number of rotatable bonds is 5. The number of sulfonamides is 1. The van der Waals surface area contributed by atoms with Crippen molar-refractivity contribution < 1.29 is 17.5 Å². The predicted octanol–water partition coefficient (Wildman–Crippen LogP) is 3.44. The summed E-state index contributed by atoms with van der Waals surface area (Å²) in [5.74, 6) is 0.888.